The molecular formula is C18H22N5O8PS. The van der Waals surface area contributed by atoms with Gasteiger partial charge >= 0.3 is 6.80 Å². The molecule has 0 radical (unpaired) electrons. The molecule has 0 amide bonds. The first-order valence-electron chi connectivity index (χ1n) is 9.67. The van der Waals surface area contributed by atoms with Crippen LogP contribution in [0, 0.1) is 0 Å². The maximum absolute atomic E-state index is 13.0. The molecule has 33 heavy (non-hydrogen) atoms. The smallest absolute Gasteiger partial charge is 0.386 e. The summed E-state index contributed by atoms with van der Waals surface area (Å²) in [6.45, 7) is -4.39. The van der Waals surface area contributed by atoms with Crippen molar-refractivity contribution in [3.63, 3.8) is 0 Å². The van der Waals surface area contributed by atoms with Gasteiger partial charge in [0.2, 0.25) is 5.95 Å². The number of imidazole rings is 1. The highest BCUT2D eigenvalue weighted by molar-refractivity contribution is 8.54. The summed E-state index contributed by atoms with van der Waals surface area (Å²) < 4.78 is 24.6. The molecule has 1 aromatic carbocycles. The zero-order valence-electron chi connectivity index (χ0n) is 17.3. The van der Waals surface area contributed by atoms with E-state index in [4.69, 9.17) is 15.0 Å². The number of hydrogen-bond acceptors (Lipinski definition) is 11. The number of ether oxygens (including phenoxy) is 1. The van der Waals surface area contributed by atoms with Gasteiger partial charge < -0.3 is 30.7 Å². The van der Waals surface area contributed by atoms with Gasteiger partial charge in [0.15, 0.2) is 17.4 Å². The SMILES string of the molecule is CSP(=O)(O)OC[C@H]1O[C@@H](n2cnc3c(=O)n(Cc4ccccc4O)c(N)nc32)[C@H](O)[C@@H]1O. The summed E-state index contributed by atoms with van der Waals surface area (Å²) in [5, 5.41) is 30.8. The van der Waals surface area contributed by atoms with E-state index in [0.29, 0.717) is 16.9 Å². The number of hydrogen-bond donors (Lipinski definition) is 5. The van der Waals surface area contributed by atoms with Crippen LogP contribution < -0.4 is 11.3 Å². The number of nitrogens with zero attached hydrogens (tertiary/aromatic N) is 4. The molecule has 1 aliphatic heterocycles. The standard InChI is InChI=1S/C18H22N5O8PS/c1-33-32(28,29)30-7-11-13(25)14(26)17(31-11)23-8-20-12-15(23)21-18(19)22(16(12)27)6-9-4-2-3-5-10(9)24/h2-5,8,11,13-14,17,24-26H,6-7H2,1H3,(H2,19,21)(H,28,29)/t11-,13-,14-,17-/m1/s1. The van der Waals surface area contributed by atoms with Gasteiger partial charge in [0.05, 0.1) is 19.5 Å². The maximum atomic E-state index is 13.0. The summed E-state index contributed by atoms with van der Waals surface area (Å²) >= 11 is 0.616. The molecule has 0 bridgehead atoms. The van der Waals surface area contributed by atoms with E-state index in [1.54, 1.807) is 18.2 Å². The van der Waals surface area contributed by atoms with Gasteiger partial charge in [-0.1, -0.05) is 18.2 Å². The second kappa shape index (κ2) is 9.06. The van der Waals surface area contributed by atoms with E-state index in [-0.39, 0.29) is 29.4 Å². The van der Waals surface area contributed by atoms with Gasteiger partial charge in [-0.3, -0.25) is 18.5 Å². The van der Waals surface area contributed by atoms with E-state index in [1.165, 1.54) is 23.2 Å². The molecule has 1 saturated heterocycles. The fraction of sp³-hybridized carbons (Fsp3) is 0.389. The highest BCUT2D eigenvalue weighted by Crippen LogP contribution is 2.54. The monoisotopic (exact) mass is 499 g/mol. The summed E-state index contributed by atoms with van der Waals surface area (Å²) in [7, 11) is 0. The molecule has 1 aliphatic rings. The summed E-state index contributed by atoms with van der Waals surface area (Å²) in [5.74, 6) is -0.167. The zero-order chi connectivity index (χ0) is 23.9. The zero-order valence-corrected chi connectivity index (χ0v) is 19.0. The Morgan fingerprint density at radius 2 is 2.03 bits per heavy atom. The first kappa shape index (κ1) is 23.7. The van der Waals surface area contributed by atoms with Crippen molar-refractivity contribution in [2.24, 2.45) is 0 Å². The molecule has 5 atom stereocenters. The van der Waals surface area contributed by atoms with Gasteiger partial charge in [-0.15, -0.1) is 0 Å². The van der Waals surface area contributed by atoms with Gasteiger partial charge in [0.25, 0.3) is 5.56 Å². The molecule has 178 valence electrons. The minimum Gasteiger partial charge on any atom is -0.508 e. The number of nitrogen functional groups attached to an aromatic ring is 1. The Balaban J connectivity index is 1.64. The van der Waals surface area contributed by atoms with Gasteiger partial charge in [-0.05, 0) is 23.7 Å². The van der Waals surface area contributed by atoms with Gasteiger partial charge in [0, 0.05) is 5.56 Å². The van der Waals surface area contributed by atoms with E-state index in [0.717, 1.165) is 4.57 Å². The van der Waals surface area contributed by atoms with Crippen molar-refractivity contribution >= 4 is 35.3 Å². The van der Waals surface area contributed by atoms with Crippen molar-refractivity contribution in [1.29, 1.82) is 0 Å². The molecule has 1 fully saturated rings. The number of nitrogens with two attached hydrogens (primary N) is 1. The summed E-state index contributed by atoms with van der Waals surface area (Å²) in [4.78, 5) is 30.8. The lowest BCUT2D eigenvalue weighted by molar-refractivity contribution is -0.0478. The third-order valence-corrected chi connectivity index (χ3v) is 7.91. The van der Waals surface area contributed by atoms with E-state index < -0.39 is 43.5 Å². The van der Waals surface area contributed by atoms with Crippen LogP contribution in [0.4, 0.5) is 5.95 Å². The predicted molar refractivity (Wildman–Crippen MR) is 119 cm³/mol. The number of aliphatic hydroxyl groups is 2. The van der Waals surface area contributed by atoms with Crippen molar-refractivity contribution in [3.05, 3.63) is 46.5 Å². The van der Waals surface area contributed by atoms with Crippen LogP contribution in [0.5, 0.6) is 5.75 Å². The number of fused-ring (bicyclic) bond motifs is 1. The molecule has 1 unspecified atom stereocenters. The second-order valence-electron chi connectivity index (χ2n) is 7.31. The fourth-order valence-electron chi connectivity index (χ4n) is 3.49. The van der Waals surface area contributed by atoms with Crippen LogP contribution in [0.3, 0.4) is 0 Å². The quantitative estimate of drug-likeness (QED) is 0.274. The average molecular weight is 499 g/mol. The molecule has 15 heteroatoms. The van der Waals surface area contributed by atoms with Crippen LogP contribution in [0.25, 0.3) is 11.2 Å². The van der Waals surface area contributed by atoms with E-state index in [2.05, 4.69) is 9.97 Å². The third-order valence-electron chi connectivity index (χ3n) is 5.28. The number of para-hydroxylation sites is 1. The molecule has 3 heterocycles. The summed E-state index contributed by atoms with van der Waals surface area (Å²) in [6.07, 6.45) is -2.61. The van der Waals surface area contributed by atoms with Crippen LogP contribution in [0.1, 0.15) is 11.8 Å². The molecule has 4 rings (SSSR count). The fourth-order valence-corrected chi connectivity index (χ4v) is 4.43. The van der Waals surface area contributed by atoms with Crippen LogP contribution in [0.2, 0.25) is 0 Å². The highest BCUT2D eigenvalue weighted by Gasteiger charge is 2.45. The normalized spacial score (nSPS) is 24.8. The second-order valence-corrected chi connectivity index (χ2v) is 11.3. The largest absolute Gasteiger partial charge is 0.508 e. The lowest BCUT2D eigenvalue weighted by Gasteiger charge is -2.17. The van der Waals surface area contributed by atoms with E-state index >= 15 is 0 Å². The first-order chi connectivity index (χ1) is 15.6. The molecule has 0 saturated carbocycles. The molecule has 13 nitrogen and oxygen atoms in total. The molecule has 3 aromatic rings. The Hall–Kier alpha value is -2.45. The minimum absolute atomic E-state index is 0.00643. The van der Waals surface area contributed by atoms with Crippen LogP contribution in [-0.4, -0.2) is 70.5 Å². The van der Waals surface area contributed by atoms with Crippen molar-refractivity contribution < 1.29 is 34.0 Å². The Morgan fingerprint density at radius 3 is 2.73 bits per heavy atom. The molecule has 0 spiro atoms. The average Bonchev–Trinajstić information content (AvgIpc) is 3.32. The highest BCUT2D eigenvalue weighted by atomic mass is 32.7. The van der Waals surface area contributed by atoms with Crippen LogP contribution in [-0.2, 0) is 20.4 Å². The van der Waals surface area contributed by atoms with Crippen molar-refractivity contribution in [1.82, 2.24) is 19.1 Å². The number of aromatic nitrogens is 4. The Bertz CT molecular complexity index is 1280. The first-order valence-corrected chi connectivity index (χ1v) is 13.1. The number of aromatic hydroxyl groups is 1. The maximum Gasteiger partial charge on any atom is 0.386 e. The van der Waals surface area contributed by atoms with Crippen molar-refractivity contribution in [2.45, 2.75) is 31.1 Å². The van der Waals surface area contributed by atoms with Gasteiger partial charge in [0.1, 0.15) is 24.1 Å². The Kier molecular flexibility index (Phi) is 6.51. The predicted octanol–water partition coefficient (Wildman–Crippen LogP) is 0.0283. The summed E-state index contributed by atoms with van der Waals surface area (Å²) in [5.41, 5.74) is 5.84. The number of anilines is 1. The van der Waals surface area contributed by atoms with Crippen LogP contribution in [0.15, 0.2) is 35.4 Å². The minimum atomic E-state index is -3.91. The Morgan fingerprint density at radius 1 is 1.30 bits per heavy atom. The van der Waals surface area contributed by atoms with Gasteiger partial charge in [-0.2, -0.15) is 4.98 Å². The number of aliphatic hydroxyl groups excluding tert-OH is 2. The molecule has 2 aromatic heterocycles. The topological polar surface area (TPSA) is 195 Å². The lowest BCUT2D eigenvalue weighted by atomic mass is 10.1. The van der Waals surface area contributed by atoms with Gasteiger partial charge in [-0.25, -0.2) is 9.55 Å². The molecule has 0 aliphatic carbocycles. The number of phenols is 1. The number of rotatable bonds is 7. The molecule has 6 N–H and O–H groups in total. The summed E-state index contributed by atoms with van der Waals surface area (Å²) in [6, 6.07) is 6.47. The third kappa shape index (κ3) is 4.51. The number of phenolic OH excluding ortho intramolecular Hbond substituents is 1. The number of benzene rings is 1. The van der Waals surface area contributed by atoms with Crippen LogP contribution >= 0.6 is 18.2 Å². The van der Waals surface area contributed by atoms with E-state index in [1.807, 2.05) is 0 Å². The molecular weight excluding hydrogens is 477 g/mol. The van der Waals surface area contributed by atoms with Crippen molar-refractivity contribution in [3.8, 4) is 5.75 Å². The Labute approximate surface area is 190 Å². The van der Waals surface area contributed by atoms with Crippen molar-refractivity contribution in [2.75, 3.05) is 18.6 Å². The van der Waals surface area contributed by atoms with E-state index in [9.17, 15) is 29.6 Å². The lowest BCUT2D eigenvalue weighted by Crippen LogP contribution is -2.33.